The second kappa shape index (κ2) is 5.33. The second-order valence-electron chi connectivity index (χ2n) is 3.98. The highest BCUT2D eigenvalue weighted by Crippen LogP contribution is 2.22. The van der Waals surface area contributed by atoms with Gasteiger partial charge in [-0.3, -0.25) is 0 Å². The van der Waals surface area contributed by atoms with Crippen LogP contribution in [0.4, 0.5) is 0 Å². The molecule has 0 aromatic carbocycles. The Morgan fingerprint density at radius 1 is 1.41 bits per heavy atom. The molecule has 0 saturated heterocycles. The fraction of sp³-hybridized carbons (Fsp3) is 0.417. The van der Waals surface area contributed by atoms with Crippen LogP contribution in [0, 0.1) is 13.8 Å². The molecular formula is C12H16N4S. The molecule has 0 fully saturated rings. The van der Waals surface area contributed by atoms with E-state index >= 15 is 0 Å². The zero-order valence-corrected chi connectivity index (χ0v) is 11.1. The maximum Gasteiger partial charge on any atom is 0.115 e. The summed E-state index contributed by atoms with van der Waals surface area (Å²) in [6, 6.07) is 2.16. The summed E-state index contributed by atoms with van der Waals surface area (Å²) in [6.07, 6.45) is 3.33. The van der Waals surface area contributed by atoms with E-state index in [0.29, 0.717) is 0 Å². The minimum absolute atomic E-state index is 0.245. The first-order valence-corrected chi connectivity index (χ1v) is 6.40. The molecular weight excluding hydrogens is 232 g/mol. The summed E-state index contributed by atoms with van der Waals surface area (Å²) in [6.45, 7) is 7.02. The molecule has 0 saturated carbocycles. The van der Waals surface area contributed by atoms with Gasteiger partial charge in [0, 0.05) is 23.7 Å². The second-order valence-corrected chi connectivity index (χ2v) is 5.38. The van der Waals surface area contributed by atoms with Crippen LogP contribution in [0.1, 0.15) is 34.2 Å². The van der Waals surface area contributed by atoms with Gasteiger partial charge in [-0.25, -0.2) is 15.0 Å². The van der Waals surface area contributed by atoms with Crippen molar-refractivity contribution in [1.29, 1.82) is 0 Å². The van der Waals surface area contributed by atoms with Crippen LogP contribution in [0.15, 0.2) is 18.6 Å². The number of rotatable bonds is 4. The quantitative estimate of drug-likeness (QED) is 0.902. The maximum atomic E-state index is 4.55. The number of thiazole rings is 1. The number of aryl methyl sites for hydroxylation is 2. The summed E-state index contributed by atoms with van der Waals surface area (Å²) in [7, 11) is 0. The van der Waals surface area contributed by atoms with Crippen LogP contribution in [0.5, 0.6) is 0 Å². The van der Waals surface area contributed by atoms with E-state index in [9.17, 15) is 0 Å². The van der Waals surface area contributed by atoms with Gasteiger partial charge >= 0.3 is 0 Å². The average molecular weight is 248 g/mol. The van der Waals surface area contributed by atoms with Gasteiger partial charge in [-0.05, 0) is 26.8 Å². The number of nitrogens with zero attached hydrogens (tertiary/aromatic N) is 3. The van der Waals surface area contributed by atoms with Gasteiger partial charge < -0.3 is 5.32 Å². The molecule has 0 amide bonds. The third-order valence-electron chi connectivity index (χ3n) is 2.58. The van der Waals surface area contributed by atoms with Crippen molar-refractivity contribution in [3.8, 4) is 0 Å². The number of aromatic nitrogens is 3. The van der Waals surface area contributed by atoms with Gasteiger partial charge in [0.15, 0.2) is 0 Å². The lowest BCUT2D eigenvalue weighted by atomic mass is 10.2. The Hall–Kier alpha value is -1.33. The molecule has 4 nitrogen and oxygen atoms in total. The lowest BCUT2D eigenvalue weighted by Gasteiger charge is -2.12. The molecule has 1 N–H and O–H groups in total. The zero-order valence-electron chi connectivity index (χ0n) is 10.3. The molecule has 2 rings (SSSR count). The Morgan fingerprint density at radius 3 is 2.82 bits per heavy atom. The summed E-state index contributed by atoms with van der Waals surface area (Å²) in [5.74, 6) is 0. The van der Waals surface area contributed by atoms with Crippen molar-refractivity contribution >= 4 is 11.3 Å². The molecule has 2 aromatic heterocycles. The van der Waals surface area contributed by atoms with Crippen molar-refractivity contribution in [3.63, 3.8) is 0 Å². The zero-order chi connectivity index (χ0) is 12.3. The van der Waals surface area contributed by atoms with Crippen LogP contribution in [0.3, 0.4) is 0 Å². The predicted molar refractivity (Wildman–Crippen MR) is 68.9 cm³/mol. The molecule has 1 atom stereocenters. The van der Waals surface area contributed by atoms with Gasteiger partial charge in [-0.15, -0.1) is 11.3 Å². The van der Waals surface area contributed by atoms with Gasteiger partial charge in [0.2, 0.25) is 0 Å². The van der Waals surface area contributed by atoms with E-state index < -0.39 is 0 Å². The van der Waals surface area contributed by atoms with Crippen LogP contribution < -0.4 is 5.32 Å². The number of hydrogen-bond donors (Lipinski definition) is 1. The molecule has 17 heavy (non-hydrogen) atoms. The third-order valence-corrected chi connectivity index (χ3v) is 3.48. The Morgan fingerprint density at radius 2 is 2.24 bits per heavy atom. The van der Waals surface area contributed by atoms with Crippen LogP contribution in [0.25, 0.3) is 0 Å². The minimum Gasteiger partial charge on any atom is -0.303 e. The standard InChI is InChI=1S/C12H16N4S/c1-8(12-9(2)17-10(3)16-12)14-6-11-4-5-13-7-15-11/h4-5,7-8,14H,6H2,1-3H3. The molecule has 90 valence electrons. The normalized spacial score (nSPS) is 12.6. The van der Waals surface area contributed by atoms with Gasteiger partial charge in [0.1, 0.15) is 6.33 Å². The number of hydrogen-bond acceptors (Lipinski definition) is 5. The summed E-state index contributed by atoms with van der Waals surface area (Å²) in [5, 5.41) is 4.54. The topological polar surface area (TPSA) is 50.7 Å². The van der Waals surface area contributed by atoms with Crippen molar-refractivity contribution < 1.29 is 0 Å². The highest BCUT2D eigenvalue weighted by molar-refractivity contribution is 7.11. The molecule has 0 aliphatic carbocycles. The van der Waals surface area contributed by atoms with Gasteiger partial charge in [-0.1, -0.05) is 0 Å². The van der Waals surface area contributed by atoms with Crippen LogP contribution in [-0.2, 0) is 6.54 Å². The minimum atomic E-state index is 0.245. The summed E-state index contributed by atoms with van der Waals surface area (Å²) in [4.78, 5) is 13.9. The first kappa shape index (κ1) is 12.1. The van der Waals surface area contributed by atoms with Crippen LogP contribution in [0.2, 0.25) is 0 Å². The third kappa shape index (κ3) is 3.08. The van der Waals surface area contributed by atoms with Crippen LogP contribution >= 0.6 is 11.3 Å². The number of nitrogens with one attached hydrogen (secondary N) is 1. The summed E-state index contributed by atoms with van der Waals surface area (Å²) < 4.78 is 0. The van der Waals surface area contributed by atoms with Crippen molar-refractivity contribution in [2.45, 2.75) is 33.4 Å². The highest BCUT2D eigenvalue weighted by Gasteiger charge is 2.12. The Balaban J connectivity index is 1.98. The summed E-state index contributed by atoms with van der Waals surface area (Å²) >= 11 is 1.74. The van der Waals surface area contributed by atoms with E-state index in [0.717, 1.165) is 22.9 Å². The molecule has 0 aliphatic rings. The maximum absolute atomic E-state index is 4.55. The smallest absolute Gasteiger partial charge is 0.115 e. The molecule has 0 spiro atoms. The van der Waals surface area contributed by atoms with E-state index in [-0.39, 0.29) is 6.04 Å². The van der Waals surface area contributed by atoms with Crippen molar-refractivity contribution in [1.82, 2.24) is 20.3 Å². The van der Waals surface area contributed by atoms with Crippen LogP contribution in [-0.4, -0.2) is 15.0 Å². The van der Waals surface area contributed by atoms with Gasteiger partial charge in [0.05, 0.1) is 16.4 Å². The molecule has 0 radical (unpaired) electrons. The van der Waals surface area contributed by atoms with Crippen molar-refractivity contribution in [2.24, 2.45) is 0 Å². The van der Waals surface area contributed by atoms with E-state index in [1.807, 2.05) is 13.0 Å². The molecule has 5 heteroatoms. The van der Waals surface area contributed by atoms with Gasteiger partial charge in [-0.2, -0.15) is 0 Å². The monoisotopic (exact) mass is 248 g/mol. The Kier molecular flexibility index (Phi) is 3.81. The Bertz CT molecular complexity index is 481. The fourth-order valence-electron chi connectivity index (χ4n) is 1.72. The first-order chi connectivity index (χ1) is 8.16. The van der Waals surface area contributed by atoms with E-state index in [1.54, 1.807) is 23.9 Å². The van der Waals surface area contributed by atoms with Crippen molar-refractivity contribution in [2.75, 3.05) is 0 Å². The van der Waals surface area contributed by atoms with E-state index in [2.05, 4.69) is 34.1 Å². The summed E-state index contributed by atoms with van der Waals surface area (Å²) in [5.41, 5.74) is 2.14. The fourth-order valence-corrected chi connectivity index (χ4v) is 2.64. The van der Waals surface area contributed by atoms with Crippen molar-refractivity contribution in [3.05, 3.63) is 39.9 Å². The Labute approximate surface area is 105 Å². The molecule has 0 aliphatic heterocycles. The highest BCUT2D eigenvalue weighted by atomic mass is 32.1. The molecule has 2 aromatic rings. The lowest BCUT2D eigenvalue weighted by molar-refractivity contribution is 0.554. The first-order valence-electron chi connectivity index (χ1n) is 5.59. The lowest BCUT2D eigenvalue weighted by Crippen LogP contribution is -2.19. The molecule has 0 bridgehead atoms. The van der Waals surface area contributed by atoms with Gasteiger partial charge in [0.25, 0.3) is 0 Å². The molecule has 1 unspecified atom stereocenters. The SMILES string of the molecule is Cc1nc(C(C)NCc2ccncn2)c(C)s1. The van der Waals surface area contributed by atoms with E-state index in [1.165, 1.54) is 4.88 Å². The predicted octanol–water partition coefficient (Wildman–Crippen LogP) is 2.40. The largest absolute Gasteiger partial charge is 0.303 e. The average Bonchev–Trinajstić information content (AvgIpc) is 2.67. The van der Waals surface area contributed by atoms with E-state index in [4.69, 9.17) is 0 Å². The molecule has 2 heterocycles.